The van der Waals surface area contributed by atoms with E-state index >= 15 is 0 Å². The number of nitrogens with one attached hydrogen (secondary N) is 2. The molecule has 2 aromatic heterocycles. The van der Waals surface area contributed by atoms with Crippen LogP contribution in [0.4, 0.5) is 11.6 Å². The van der Waals surface area contributed by atoms with Gasteiger partial charge in [0.15, 0.2) is 0 Å². The smallest absolute Gasteiger partial charge is 0.243 e. The first-order valence-corrected chi connectivity index (χ1v) is 14.6. The lowest BCUT2D eigenvalue weighted by Gasteiger charge is -2.28. The molecular formula is C31H42N8O. The van der Waals surface area contributed by atoms with E-state index in [0.29, 0.717) is 18.5 Å². The van der Waals surface area contributed by atoms with Crippen molar-refractivity contribution in [2.75, 3.05) is 44.6 Å². The zero-order valence-corrected chi connectivity index (χ0v) is 24.1. The second-order valence-electron chi connectivity index (χ2n) is 11.2. The fourth-order valence-electron chi connectivity index (χ4n) is 5.40. The number of anilines is 2. The molecule has 1 fully saturated rings. The summed E-state index contributed by atoms with van der Waals surface area (Å²) in [5, 5.41) is 10.9. The number of benzene rings is 1. The van der Waals surface area contributed by atoms with E-state index in [1.54, 1.807) is 6.08 Å². The van der Waals surface area contributed by atoms with Crippen molar-refractivity contribution >= 4 is 17.5 Å². The van der Waals surface area contributed by atoms with Crippen LogP contribution in [0.25, 0.3) is 11.3 Å². The molecule has 0 atom stereocenters. The fourth-order valence-corrected chi connectivity index (χ4v) is 5.40. The van der Waals surface area contributed by atoms with Crippen molar-refractivity contribution < 1.29 is 4.79 Å². The Hall–Kier alpha value is -3.56. The fraction of sp³-hybridized carbons (Fsp3) is 0.484. The first-order chi connectivity index (χ1) is 19.4. The minimum atomic E-state index is 0.000345. The molecule has 0 radical (unpaired) electrons. The number of amides is 1. The van der Waals surface area contributed by atoms with E-state index in [9.17, 15) is 4.79 Å². The Bertz CT molecular complexity index is 1320. The van der Waals surface area contributed by atoms with Gasteiger partial charge in [-0.15, -0.1) is 0 Å². The molecule has 0 spiro atoms. The first kappa shape index (κ1) is 28.0. The van der Waals surface area contributed by atoms with Crippen molar-refractivity contribution in [3.8, 4) is 11.3 Å². The minimum absolute atomic E-state index is 0.000345. The number of likely N-dealkylation sites (tertiary alicyclic amines) is 1. The van der Waals surface area contributed by atoms with Crippen LogP contribution in [-0.2, 0) is 17.8 Å². The van der Waals surface area contributed by atoms with Crippen LogP contribution in [0.3, 0.4) is 0 Å². The van der Waals surface area contributed by atoms with Crippen LogP contribution in [-0.4, -0.2) is 74.7 Å². The molecule has 3 aromatic rings. The number of piperidine rings is 1. The lowest BCUT2D eigenvalue weighted by molar-refractivity contribution is -0.116. The van der Waals surface area contributed by atoms with E-state index in [1.165, 1.54) is 30.4 Å². The Morgan fingerprint density at radius 3 is 2.73 bits per heavy atom. The summed E-state index contributed by atoms with van der Waals surface area (Å²) in [5.41, 5.74) is 6.55. The maximum absolute atomic E-state index is 12.2. The number of carbonyl (C=O) groups is 1. The highest BCUT2D eigenvalue weighted by Gasteiger charge is 2.17. The molecular weight excluding hydrogens is 500 g/mol. The Morgan fingerprint density at radius 2 is 1.93 bits per heavy atom. The number of hydrogen-bond donors (Lipinski definition) is 2. The lowest BCUT2D eigenvalue weighted by Crippen LogP contribution is -2.37. The normalized spacial score (nSPS) is 16.4. The second kappa shape index (κ2) is 13.2. The van der Waals surface area contributed by atoms with Crippen LogP contribution in [0.5, 0.6) is 0 Å². The van der Waals surface area contributed by atoms with Crippen LogP contribution in [0, 0.1) is 6.92 Å². The number of carbonyl (C=O) groups excluding carboxylic acids is 1. The van der Waals surface area contributed by atoms with E-state index in [2.05, 4.69) is 62.6 Å². The molecule has 2 aliphatic rings. The van der Waals surface area contributed by atoms with Crippen LogP contribution in [0.1, 0.15) is 55.8 Å². The van der Waals surface area contributed by atoms with Gasteiger partial charge in [-0.1, -0.05) is 18.6 Å². The Kier molecular flexibility index (Phi) is 9.23. The SMILES string of the molecule is Cc1cnc(Nc2ccc3c(c2)CCN(C/C=C/C(=O)NCCN2CCCCC2)C3)nc1-c1cnn(C(C)C)c1. The summed E-state index contributed by atoms with van der Waals surface area (Å²) < 4.78 is 1.94. The highest BCUT2D eigenvalue weighted by atomic mass is 16.1. The van der Waals surface area contributed by atoms with E-state index in [-0.39, 0.29) is 5.91 Å². The molecule has 0 saturated carbocycles. The molecule has 5 rings (SSSR count). The van der Waals surface area contributed by atoms with Gasteiger partial charge >= 0.3 is 0 Å². The average Bonchev–Trinajstić information content (AvgIpc) is 3.45. The summed E-state index contributed by atoms with van der Waals surface area (Å²) in [6.45, 7) is 12.8. The summed E-state index contributed by atoms with van der Waals surface area (Å²) >= 11 is 0. The lowest BCUT2D eigenvalue weighted by atomic mass is 9.99. The molecule has 0 unspecified atom stereocenters. The number of nitrogens with zero attached hydrogens (tertiary/aromatic N) is 6. The summed E-state index contributed by atoms with van der Waals surface area (Å²) in [6, 6.07) is 6.78. The molecule has 9 nitrogen and oxygen atoms in total. The standard InChI is InChI=1S/C31H42N8O/c1-23(2)39-22-27(20-34-39)30-24(3)19-33-31(36-30)35-28-10-9-26-21-38(16-11-25(26)18-28)15-7-8-29(40)32-12-17-37-13-5-4-6-14-37/h7-10,18-20,22-23H,4-6,11-17,21H2,1-3H3,(H,32,40)(H,33,35,36)/b8-7+. The van der Waals surface area contributed by atoms with Crippen molar-refractivity contribution in [3.63, 3.8) is 0 Å². The maximum Gasteiger partial charge on any atom is 0.243 e. The van der Waals surface area contributed by atoms with Crippen LogP contribution >= 0.6 is 0 Å². The van der Waals surface area contributed by atoms with Gasteiger partial charge in [-0.2, -0.15) is 5.10 Å². The van der Waals surface area contributed by atoms with Crippen LogP contribution in [0.2, 0.25) is 0 Å². The first-order valence-electron chi connectivity index (χ1n) is 14.6. The molecule has 2 aliphatic heterocycles. The molecule has 2 N–H and O–H groups in total. The van der Waals surface area contributed by atoms with Crippen LogP contribution < -0.4 is 10.6 Å². The van der Waals surface area contributed by atoms with Crippen LogP contribution in [0.15, 0.2) is 48.9 Å². The van der Waals surface area contributed by atoms with E-state index in [0.717, 1.165) is 68.2 Å². The molecule has 40 heavy (non-hydrogen) atoms. The Balaban J connectivity index is 1.12. The molecule has 4 heterocycles. The van der Waals surface area contributed by atoms with E-state index in [4.69, 9.17) is 4.98 Å². The molecule has 1 saturated heterocycles. The van der Waals surface area contributed by atoms with Crippen molar-refractivity contribution in [2.24, 2.45) is 0 Å². The maximum atomic E-state index is 12.2. The molecule has 212 valence electrons. The third-order valence-corrected chi connectivity index (χ3v) is 7.74. The van der Waals surface area contributed by atoms with Crippen molar-refractivity contribution in [3.05, 3.63) is 65.6 Å². The highest BCUT2D eigenvalue weighted by Crippen LogP contribution is 2.26. The quantitative estimate of drug-likeness (QED) is 0.365. The van der Waals surface area contributed by atoms with E-state index < -0.39 is 0 Å². The monoisotopic (exact) mass is 542 g/mol. The van der Waals surface area contributed by atoms with Gasteiger partial charge in [0.1, 0.15) is 0 Å². The van der Waals surface area contributed by atoms with E-state index in [1.807, 2.05) is 36.3 Å². The molecule has 1 aromatic carbocycles. The van der Waals surface area contributed by atoms with Crippen molar-refractivity contribution in [1.29, 1.82) is 0 Å². The second-order valence-corrected chi connectivity index (χ2v) is 11.2. The molecule has 0 bridgehead atoms. The van der Waals surface area contributed by atoms with Gasteiger partial charge in [0.25, 0.3) is 0 Å². The predicted octanol–water partition coefficient (Wildman–Crippen LogP) is 4.49. The molecule has 1 amide bonds. The number of fused-ring (bicyclic) bond motifs is 1. The minimum Gasteiger partial charge on any atom is -0.351 e. The molecule has 0 aliphatic carbocycles. The van der Waals surface area contributed by atoms with Gasteiger partial charge in [-0.25, -0.2) is 9.97 Å². The third kappa shape index (κ3) is 7.34. The van der Waals surface area contributed by atoms with Gasteiger partial charge in [0.05, 0.1) is 11.9 Å². The summed E-state index contributed by atoms with van der Waals surface area (Å²) in [4.78, 5) is 26.3. The van der Waals surface area contributed by atoms with Gasteiger partial charge in [-0.3, -0.25) is 14.4 Å². The Morgan fingerprint density at radius 1 is 1.07 bits per heavy atom. The van der Waals surface area contributed by atoms with Gasteiger partial charge < -0.3 is 15.5 Å². The van der Waals surface area contributed by atoms with Gasteiger partial charge in [-0.05, 0) is 81.9 Å². The zero-order chi connectivity index (χ0) is 27.9. The largest absolute Gasteiger partial charge is 0.351 e. The number of aromatic nitrogens is 4. The predicted molar refractivity (Wildman–Crippen MR) is 160 cm³/mol. The van der Waals surface area contributed by atoms with Gasteiger partial charge in [0, 0.05) is 68.5 Å². The summed E-state index contributed by atoms with van der Waals surface area (Å²) in [6.07, 6.45) is 14.3. The molecule has 9 heteroatoms. The number of aryl methyl sites for hydroxylation is 1. The summed E-state index contributed by atoms with van der Waals surface area (Å²) in [7, 11) is 0. The van der Waals surface area contributed by atoms with Crippen molar-refractivity contribution in [2.45, 2.75) is 59.0 Å². The Labute approximate surface area is 237 Å². The number of rotatable bonds is 10. The topological polar surface area (TPSA) is 91.2 Å². The van der Waals surface area contributed by atoms with Crippen molar-refractivity contribution in [1.82, 2.24) is 34.9 Å². The third-order valence-electron chi connectivity index (χ3n) is 7.74. The van der Waals surface area contributed by atoms with Gasteiger partial charge in [0.2, 0.25) is 11.9 Å². The highest BCUT2D eigenvalue weighted by molar-refractivity contribution is 5.87. The summed E-state index contributed by atoms with van der Waals surface area (Å²) in [5.74, 6) is 0.579. The average molecular weight is 543 g/mol. The zero-order valence-electron chi connectivity index (χ0n) is 24.1. The number of hydrogen-bond acceptors (Lipinski definition) is 7.